The van der Waals surface area contributed by atoms with Gasteiger partial charge in [0.05, 0.1) is 28.5 Å². The van der Waals surface area contributed by atoms with Gasteiger partial charge in [-0.05, 0) is 25.5 Å². The molecule has 0 aromatic heterocycles. The van der Waals surface area contributed by atoms with Crippen molar-refractivity contribution < 1.29 is 19.2 Å². The summed E-state index contributed by atoms with van der Waals surface area (Å²) in [4.78, 5) is 37.3. The summed E-state index contributed by atoms with van der Waals surface area (Å²) in [6, 6.07) is 4.49. The molecule has 3 aliphatic heterocycles. The minimum atomic E-state index is -0.809. The van der Waals surface area contributed by atoms with Crippen LogP contribution in [0.5, 0.6) is 0 Å². The van der Waals surface area contributed by atoms with Crippen LogP contribution in [0.3, 0.4) is 0 Å². The van der Waals surface area contributed by atoms with E-state index in [1.165, 1.54) is 12.1 Å². The van der Waals surface area contributed by atoms with Gasteiger partial charge in [0.15, 0.2) is 0 Å². The lowest BCUT2D eigenvalue weighted by molar-refractivity contribution is -0.384. The number of nitro benzene ring substituents is 1. The minimum Gasteiger partial charge on any atom is -0.362 e. The minimum absolute atomic E-state index is 0.0352. The molecule has 0 spiro atoms. The van der Waals surface area contributed by atoms with E-state index >= 15 is 0 Å². The van der Waals surface area contributed by atoms with Crippen LogP contribution in [0.2, 0.25) is 0 Å². The highest BCUT2D eigenvalue weighted by Crippen LogP contribution is 2.52. The zero-order valence-corrected chi connectivity index (χ0v) is 12.6. The average Bonchev–Trinajstić information content (AvgIpc) is 3.09. The molecule has 1 aromatic rings. The third-order valence-corrected chi connectivity index (χ3v) is 4.90. The van der Waals surface area contributed by atoms with Crippen LogP contribution in [0.1, 0.15) is 12.5 Å². The number of carbonyl (C=O) groups is 2. The van der Waals surface area contributed by atoms with Crippen molar-refractivity contribution in [2.45, 2.75) is 25.6 Å². The summed E-state index contributed by atoms with van der Waals surface area (Å²) in [5, 5.41) is 11.3. The molecule has 2 saturated heterocycles. The SMILES string of the molecule is Cc1ccc(N2C(=O)[C@@H]3[C@@H](C2=O)[C@]2(C)C=C[C@H]3O2)c([N+](=O)[O-])c1. The predicted molar refractivity (Wildman–Crippen MR) is 79.7 cm³/mol. The number of nitrogens with zero attached hydrogens (tertiary/aromatic N) is 2. The Morgan fingerprint density at radius 2 is 2.04 bits per heavy atom. The van der Waals surface area contributed by atoms with Crippen molar-refractivity contribution in [1.29, 1.82) is 0 Å². The van der Waals surface area contributed by atoms with Crippen molar-refractivity contribution in [3.05, 3.63) is 46.0 Å². The number of aryl methyl sites for hydroxylation is 1. The highest BCUT2D eigenvalue weighted by molar-refractivity contribution is 6.24. The number of hydrogen-bond donors (Lipinski definition) is 0. The molecule has 4 rings (SSSR count). The summed E-state index contributed by atoms with van der Waals surface area (Å²) in [6.07, 6.45) is 3.16. The molecule has 23 heavy (non-hydrogen) atoms. The maximum absolute atomic E-state index is 12.8. The van der Waals surface area contributed by atoms with Crippen LogP contribution in [0.25, 0.3) is 0 Å². The molecule has 7 heteroatoms. The van der Waals surface area contributed by atoms with Crippen LogP contribution in [0.15, 0.2) is 30.4 Å². The maximum atomic E-state index is 12.8. The van der Waals surface area contributed by atoms with Gasteiger partial charge in [0, 0.05) is 6.07 Å². The Labute approximate surface area is 131 Å². The van der Waals surface area contributed by atoms with Crippen LogP contribution in [0, 0.1) is 28.9 Å². The van der Waals surface area contributed by atoms with Gasteiger partial charge in [-0.2, -0.15) is 0 Å². The van der Waals surface area contributed by atoms with Gasteiger partial charge < -0.3 is 4.74 Å². The number of amides is 2. The fourth-order valence-electron chi connectivity index (χ4n) is 3.86. The van der Waals surface area contributed by atoms with E-state index in [1.807, 2.05) is 0 Å². The van der Waals surface area contributed by atoms with E-state index in [0.29, 0.717) is 5.56 Å². The van der Waals surface area contributed by atoms with Crippen molar-refractivity contribution in [3.63, 3.8) is 0 Å². The summed E-state index contributed by atoms with van der Waals surface area (Å²) in [5.74, 6) is -2.07. The van der Waals surface area contributed by atoms with Gasteiger partial charge in [-0.15, -0.1) is 0 Å². The third-order valence-electron chi connectivity index (χ3n) is 4.90. The molecule has 3 aliphatic rings. The molecular formula is C16H14N2O5. The first-order chi connectivity index (χ1) is 10.8. The smallest absolute Gasteiger partial charge is 0.293 e. The Morgan fingerprint density at radius 3 is 2.70 bits per heavy atom. The number of ether oxygens (including phenoxy) is 1. The van der Waals surface area contributed by atoms with Crippen molar-refractivity contribution in [1.82, 2.24) is 0 Å². The molecule has 0 unspecified atom stereocenters. The lowest BCUT2D eigenvalue weighted by Crippen LogP contribution is -2.38. The zero-order valence-electron chi connectivity index (χ0n) is 12.6. The number of anilines is 1. The van der Waals surface area contributed by atoms with Gasteiger partial charge >= 0.3 is 0 Å². The second-order valence-corrected chi connectivity index (χ2v) is 6.39. The van der Waals surface area contributed by atoms with Crippen LogP contribution >= 0.6 is 0 Å². The highest BCUT2D eigenvalue weighted by Gasteiger charge is 2.66. The molecular weight excluding hydrogens is 300 g/mol. The van der Waals surface area contributed by atoms with E-state index in [9.17, 15) is 19.7 Å². The lowest BCUT2D eigenvalue weighted by Gasteiger charge is -2.24. The zero-order chi connectivity index (χ0) is 16.5. The topological polar surface area (TPSA) is 89.8 Å². The summed E-state index contributed by atoms with van der Waals surface area (Å²) in [5.41, 5.74) is -0.320. The first-order valence-electron chi connectivity index (χ1n) is 7.33. The second-order valence-electron chi connectivity index (χ2n) is 6.39. The number of hydrogen-bond acceptors (Lipinski definition) is 5. The predicted octanol–water partition coefficient (Wildman–Crippen LogP) is 1.74. The molecule has 1 aromatic carbocycles. The number of imide groups is 1. The molecule has 2 amide bonds. The summed E-state index contributed by atoms with van der Waals surface area (Å²) < 4.78 is 5.74. The van der Waals surface area contributed by atoms with E-state index in [-0.39, 0.29) is 11.4 Å². The highest BCUT2D eigenvalue weighted by atomic mass is 16.6. The van der Waals surface area contributed by atoms with E-state index in [2.05, 4.69) is 0 Å². The summed E-state index contributed by atoms with van der Waals surface area (Å²) >= 11 is 0. The molecule has 3 heterocycles. The van der Waals surface area contributed by atoms with Gasteiger partial charge in [-0.25, -0.2) is 4.90 Å². The van der Waals surface area contributed by atoms with Gasteiger partial charge in [0.1, 0.15) is 5.69 Å². The van der Waals surface area contributed by atoms with Gasteiger partial charge in [-0.1, -0.05) is 18.2 Å². The Kier molecular flexibility index (Phi) is 2.61. The molecule has 2 fully saturated rings. The van der Waals surface area contributed by atoms with E-state index < -0.39 is 40.3 Å². The van der Waals surface area contributed by atoms with Crippen molar-refractivity contribution in [2.24, 2.45) is 11.8 Å². The molecule has 4 atom stereocenters. The number of benzene rings is 1. The normalized spacial score (nSPS) is 34.3. The van der Waals surface area contributed by atoms with Gasteiger partial charge in [-0.3, -0.25) is 19.7 Å². The fraction of sp³-hybridized carbons (Fsp3) is 0.375. The first-order valence-corrected chi connectivity index (χ1v) is 7.33. The fourth-order valence-corrected chi connectivity index (χ4v) is 3.86. The Bertz CT molecular complexity index is 802. The number of rotatable bonds is 2. The van der Waals surface area contributed by atoms with Gasteiger partial charge in [0.25, 0.3) is 5.69 Å². The molecule has 0 saturated carbocycles. The quantitative estimate of drug-likeness (QED) is 0.359. The molecule has 0 aliphatic carbocycles. The summed E-state index contributed by atoms with van der Waals surface area (Å²) in [6.45, 7) is 3.49. The molecule has 118 valence electrons. The van der Waals surface area contributed by atoms with Gasteiger partial charge in [0.2, 0.25) is 11.8 Å². The van der Waals surface area contributed by atoms with Crippen molar-refractivity contribution in [3.8, 4) is 0 Å². The molecule has 0 N–H and O–H groups in total. The van der Waals surface area contributed by atoms with Crippen molar-refractivity contribution in [2.75, 3.05) is 4.90 Å². The average molecular weight is 314 g/mol. The second kappa shape index (κ2) is 4.26. The van der Waals surface area contributed by atoms with Crippen LogP contribution in [-0.4, -0.2) is 28.4 Å². The third kappa shape index (κ3) is 1.68. The van der Waals surface area contributed by atoms with E-state index in [1.54, 1.807) is 32.1 Å². The van der Waals surface area contributed by atoms with Crippen LogP contribution in [-0.2, 0) is 14.3 Å². The Morgan fingerprint density at radius 1 is 1.30 bits per heavy atom. The summed E-state index contributed by atoms with van der Waals surface area (Å²) in [7, 11) is 0. The van der Waals surface area contributed by atoms with Crippen LogP contribution < -0.4 is 4.90 Å². The molecule has 2 bridgehead atoms. The maximum Gasteiger partial charge on any atom is 0.293 e. The van der Waals surface area contributed by atoms with E-state index in [0.717, 1.165) is 4.90 Å². The van der Waals surface area contributed by atoms with E-state index in [4.69, 9.17) is 4.74 Å². The lowest BCUT2D eigenvalue weighted by atomic mass is 9.78. The number of nitro groups is 1. The largest absolute Gasteiger partial charge is 0.362 e. The first kappa shape index (κ1) is 14.1. The Hall–Kier alpha value is -2.54. The van der Waals surface area contributed by atoms with Crippen molar-refractivity contribution >= 4 is 23.2 Å². The number of fused-ring (bicyclic) bond motifs is 5. The molecule has 0 radical (unpaired) electrons. The standard InChI is InChI=1S/C16H14N2O5/c1-8-3-4-9(10(7-8)18(21)22)17-14(19)12-11-5-6-16(2,23-11)13(12)15(17)20/h3-7,11-13H,1-2H3/t11-,12+,13+,16+/m1/s1. The molecule has 7 nitrogen and oxygen atoms in total. The number of carbonyl (C=O) groups excluding carboxylic acids is 2. The Balaban J connectivity index is 1.83. The van der Waals surface area contributed by atoms with Crippen LogP contribution in [0.4, 0.5) is 11.4 Å². The monoisotopic (exact) mass is 314 g/mol.